The lowest BCUT2D eigenvalue weighted by Gasteiger charge is -2.33. The Morgan fingerprint density at radius 2 is 1.91 bits per heavy atom. The fourth-order valence-corrected chi connectivity index (χ4v) is 5.01. The van der Waals surface area contributed by atoms with E-state index in [0.29, 0.717) is 24.9 Å². The van der Waals surface area contributed by atoms with Crippen molar-refractivity contribution in [2.75, 3.05) is 6.54 Å². The highest BCUT2D eigenvalue weighted by atomic mass is 16.2. The molecule has 2 aliphatic rings. The van der Waals surface area contributed by atoms with Crippen LogP contribution in [-0.2, 0) is 23.3 Å². The smallest absolute Gasteiger partial charge is 0.325 e. The second kappa shape index (κ2) is 7.65. The molecule has 5 rings (SSSR count). The van der Waals surface area contributed by atoms with Gasteiger partial charge in [-0.05, 0) is 36.5 Å². The number of hydrogen-bond acceptors (Lipinski definition) is 4. The molecule has 1 atom stereocenters. The Morgan fingerprint density at radius 3 is 2.75 bits per heavy atom. The number of nitrogens with one attached hydrogen (secondary N) is 1. The van der Waals surface area contributed by atoms with E-state index in [-0.39, 0.29) is 18.2 Å². The number of ketones is 1. The van der Waals surface area contributed by atoms with E-state index in [9.17, 15) is 14.4 Å². The van der Waals surface area contributed by atoms with Gasteiger partial charge in [0.25, 0.3) is 5.91 Å². The molecule has 2 heterocycles. The number of carbonyl (C=O) groups is 3. The number of imide groups is 1. The van der Waals surface area contributed by atoms with Gasteiger partial charge >= 0.3 is 6.03 Å². The van der Waals surface area contributed by atoms with Gasteiger partial charge in [0.1, 0.15) is 5.54 Å². The van der Waals surface area contributed by atoms with Gasteiger partial charge in [-0.2, -0.15) is 5.26 Å². The SMILES string of the molecule is N#CCCn1cc(C(=O)CN2C(=O)N[C@@]3(CCCc4ccccc43)C2=O)c2ccccc21. The maximum atomic E-state index is 13.5. The second-order valence-electron chi connectivity index (χ2n) is 8.32. The molecular weight excluding hydrogens is 404 g/mol. The minimum Gasteiger partial charge on any atom is -0.346 e. The Labute approximate surface area is 185 Å². The van der Waals surface area contributed by atoms with E-state index >= 15 is 0 Å². The van der Waals surface area contributed by atoms with Gasteiger partial charge in [-0.15, -0.1) is 0 Å². The van der Waals surface area contributed by atoms with E-state index in [2.05, 4.69) is 11.4 Å². The Balaban J connectivity index is 1.46. The molecule has 7 nitrogen and oxygen atoms in total. The number of aryl methyl sites for hydroxylation is 2. The van der Waals surface area contributed by atoms with E-state index in [1.54, 1.807) is 6.20 Å². The van der Waals surface area contributed by atoms with E-state index in [4.69, 9.17) is 5.26 Å². The van der Waals surface area contributed by atoms with Gasteiger partial charge in [0.15, 0.2) is 5.78 Å². The molecule has 0 saturated carbocycles. The molecule has 3 amide bonds. The molecular formula is C25H22N4O3. The lowest BCUT2D eigenvalue weighted by molar-refractivity contribution is -0.131. The van der Waals surface area contributed by atoms with Crippen LogP contribution in [0.25, 0.3) is 10.9 Å². The number of carbonyl (C=O) groups excluding carboxylic acids is 3. The van der Waals surface area contributed by atoms with Gasteiger partial charge in [-0.1, -0.05) is 42.5 Å². The first-order valence-corrected chi connectivity index (χ1v) is 10.8. The summed E-state index contributed by atoms with van der Waals surface area (Å²) in [5, 5.41) is 12.6. The van der Waals surface area contributed by atoms with Crippen LogP contribution in [0.2, 0.25) is 0 Å². The lowest BCUT2D eigenvalue weighted by Crippen LogP contribution is -2.46. The highest BCUT2D eigenvalue weighted by Crippen LogP contribution is 2.40. The number of nitrogens with zero attached hydrogens (tertiary/aromatic N) is 3. The molecule has 0 unspecified atom stereocenters. The molecule has 1 saturated heterocycles. The summed E-state index contributed by atoms with van der Waals surface area (Å²) in [5.41, 5.74) is 2.09. The number of benzene rings is 2. The maximum Gasteiger partial charge on any atom is 0.325 e. The van der Waals surface area contributed by atoms with Crippen molar-refractivity contribution in [2.24, 2.45) is 0 Å². The topological polar surface area (TPSA) is 95.2 Å². The summed E-state index contributed by atoms with van der Waals surface area (Å²) in [6, 6.07) is 16.7. The number of rotatable bonds is 5. The highest BCUT2D eigenvalue weighted by Gasteiger charge is 2.54. The Kier molecular flexibility index (Phi) is 4.78. The Hall–Kier alpha value is -3.92. The predicted octanol–water partition coefficient (Wildman–Crippen LogP) is 3.52. The van der Waals surface area contributed by atoms with Crippen LogP contribution >= 0.6 is 0 Å². The van der Waals surface area contributed by atoms with Gasteiger partial charge in [0.05, 0.1) is 19.0 Å². The predicted molar refractivity (Wildman–Crippen MR) is 118 cm³/mol. The number of Topliss-reactive ketones (excluding diaryl/α,β-unsaturated/α-hetero) is 1. The molecule has 1 N–H and O–H groups in total. The summed E-state index contributed by atoms with van der Waals surface area (Å²) >= 11 is 0. The van der Waals surface area contributed by atoms with Gasteiger partial charge in [-0.3, -0.25) is 14.5 Å². The fourth-order valence-electron chi connectivity index (χ4n) is 5.01. The molecule has 0 bridgehead atoms. The maximum absolute atomic E-state index is 13.5. The van der Waals surface area contributed by atoms with E-state index in [1.807, 2.05) is 53.1 Å². The van der Waals surface area contributed by atoms with E-state index < -0.39 is 11.6 Å². The van der Waals surface area contributed by atoms with Crippen molar-refractivity contribution in [3.8, 4) is 6.07 Å². The fraction of sp³-hybridized carbons (Fsp3) is 0.280. The molecule has 0 radical (unpaired) electrons. The first-order valence-electron chi connectivity index (χ1n) is 10.8. The van der Waals surface area contributed by atoms with Crippen molar-refractivity contribution in [1.29, 1.82) is 5.26 Å². The molecule has 3 aromatic rings. The Bertz CT molecular complexity index is 1300. The first-order chi connectivity index (χ1) is 15.5. The normalized spacial score (nSPS) is 19.8. The third-order valence-electron chi connectivity index (χ3n) is 6.51. The summed E-state index contributed by atoms with van der Waals surface area (Å²) < 4.78 is 1.87. The summed E-state index contributed by atoms with van der Waals surface area (Å²) in [6.07, 6.45) is 4.21. The van der Waals surface area contributed by atoms with Crippen molar-refractivity contribution >= 4 is 28.6 Å². The molecule has 1 spiro atoms. The van der Waals surface area contributed by atoms with Crippen LogP contribution in [-0.4, -0.2) is 33.7 Å². The standard InChI is InChI=1S/C25H22N4O3/c26-13-6-14-28-15-19(18-9-2-4-11-21(18)28)22(30)16-29-23(31)25(27-24(29)32)12-5-8-17-7-1-3-10-20(17)25/h1-4,7,9-11,15H,5-6,8,12,14,16H2,(H,27,32)/t25-/m1/s1. The van der Waals surface area contributed by atoms with Gasteiger partial charge in [0, 0.05) is 29.2 Å². The summed E-state index contributed by atoms with van der Waals surface area (Å²) in [5.74, 6) is -0.669. The van der Waals surface area contributed by atoms with Crippen molar-refractivity contribution in [2.45, 2.75) is 37.8 Å². The average molecular weight is 426 g/mol. The zero-order valence-corrected chi connectivity index (χ0v) is 17.5. The Morgan fingerprint density at radius 1 is 1.12 bits per heavy atom. The van der Waals surface area contributed by atoms with Crippen LogP contribution in [0.5, 0.6) is 0 Å². The molecule has 1 aromatic heterocycles. The van der Waals surface area contributed by atoms with Crippen molar-refractivity contribution in [1.82, 2.24) is 14.8 Å². The van der Waals surface area contributed by atoms with Crippen molar-refractivity contribution in [3.63, 3.8) is 0 Å². The molecule has 1 aliphatic carbocycles. The average Bonchev–Trinajstić information content (AvgIpc) is 3.29. The third kappa shape index (κ3) is 2.99. The summed E-state index contributed by atoms with van der Waals surface area (Å²) in [6.45, 7) is 0.147. The molecule has 1 aliphatic heterocycles. The van der Waals surface area contributed by atoms with Gasteiger partial charge in [-0.25, -0.2) is 4.79 Å². The van der Waals surface area contributed by atoms with Crippen LogP contribution in [0.15, 0.2) is 54.7 Å². The quantitative estimate of drug-likeness (QED) is 0.499. The number of amides is 3. The number of hydrogen-bond donors (Lipinski definition) is 1. The molecule has 7 heteroatoms. The highest BCUT2D eigenvalue weighted by molar-refractivity contribution is 6.14. The summed E-state index contributed by atoms with van der Waals surface area (Å²) in [4.78, 5) is 40.6. The third-order valence-corrected chi connectivity index (χ3v) is 6.51. The minimum absolute atomic E-state index is 0.304. The number of nitriles is 1. The number of aromatic nitrogens is 1. The molecule has 32 heavy (non-hydrogen) atoms. The first kappa shape index (κ1) is 20.0. The molecule has 2 aromatic carbocycles. The van der Waals surface area contributed by atoms with Crippen molar-refractivity contribution in [3.05, 3.63) is 71.4 Å². The van der Waals surface area contributed by atoms with Crippen molar-refractivity contribution < 1.29 is 14.4 Å². The van der Waals surface area contributed by atoms with Crippen LogP contribution in [0.3, 0.4) is 0 Å². The lowest BCUT2D eigenvalue weighted by atomic mass is 9.76. The zero-order valence-electron chi connectivity index (χ0n) is 17.5. The number of urea groups is 1. The molecule has 1 fully saturated rings. The second-order valence-corrected chi connectivity index (χ2v) is 8.32. The number of para-hydroxylation sites is 1. The van der Waals surface area contributed by atoms with E-state index in [0.717, 1.165) is 39.8 Å². The number of fused-ring (bicyclic) bond motifs is 3. The van der Waals surface area contributed by atoms with Gasteiger partial charge in [0.2, 0.25) is 0 Å². The molecule has 160 valence electrons. The van der Waals surface area contributed by atoms with Crippen LogP contribution in [0.4, 0.5) is 4.79 Å². The van der Waals surface area contributed by atoms with Crippen LogP contribution in [0.1, 0.15) is 40.7 Å². The largest absolute Gasteiger partial charge is 0.346 e. The zero-order chi connectivity index (χ0) is 22.3. The monoisotopic (exact) mass is 426 g/mol. The van der Waals surface area contributed by atoms with Crippen LogP contribution in [0, 0.1) is 11.3 Å². The van der Waals surface area contributed by atoms with Gasteiger partial charge < -0.3 is 9.88 Å². The van der Waals surface area contributed by atoms with Crippen LogP contribution < -0.4 is 5.32 Å². The van der Waals surface area contributed by atoms with E-state index in [1.165, 1.54) is 0 Å². The minimum atomic E-state index is -1.09. The summed E-state index contributed by atoms with van der Waals surface area (Å²) in [7, 11) is 0.